The van der Waals surface area contributed by atoms with E-state index in [0.717, 1.165) is 12.0 Å². The third kappa shape index (κ3) is 2.77. The van der Waals surface area contributed by atoms with Gasteiger partial charge in [-0.1, -0.05) is 30.3 Å². The molecule has 0 spiro atoms. The Labute approximate surface area is 105 Å². The SMILES string of the molecule is O=C(O)C1=C(C(=O)NCc2ccccc2)CCC1. The van der Waals surface area contributed by atoms with Crippen LogP contribution in [0.1, 0.15) is 24.8 Å². The van der Waals surface area contributed by atoms with Crippen molar-refractivity contribution in [1.29, 1.82) is 0 Å². The van der Waals surface area contributed by atoms with Crippen LogP contribution >= 0.6 is 0 Å². The lowest BCUT2D eigenvalue weighted by Crippen LogP contribution is -2.25. The summed E-state index contributed by atoms with van der Waals surface area (Å²) < 4.78 is 0. The fourth-order valence-corrected chi connectivity index (χ4v) is 2.12. The molecule has 0 bridgehead atoms. The number of benzene rings is 1. The zero-order valence-electron chi connectivity index (χ0n) is 9.98. The van der Waals surface area contributed by atoms with Crippen LogP contribution in [-0.2, 0) is 16.1 Å². The molecule has 0 aliphatic heterocycles. The number of carboxylic acids is 1. The predicted octanol–water partition coefficient (Wildman–Crippen LogP) is 1.87. The van der Waals surface area contributed by atoms with Crippen LogP contribution in [0.5, 0.6) is 0 Å². The molecule has 0 unspecified atom stereocenters. The van der Waals surface area contributed by atoms with Crippen LogP contribution in [0.25, 0.3) is 0 Å². The van der Waals surface area contributed by atoms with Gasteiger partial charge < -0.3 is 10.4 Å². The Balaban J connectivity index is 2.00. The Bertz CT molecular complexity index is 491. The Morgan fingerprint density at radius 1 is 1.11 bits per heavy atom. The van der Waals surface area contributed by atoms with Crippen molar-refractivity contribution in [2.45, 2.75) is 25.8 Å². The summed E-state index contributed by atoms with van der Waals surface area (Å²) in [7, 11) is 0. The van der Waals surface area contributed by atoms with Gasteiger partial charge in [0.25, 0.3) is 0 Å². The van der Waals surface area contributed by atoms with Crippen LogP contribution in [0.3, 0.4) is 0 Å². The lowest BCUT2D eigenvalue weighted by Gasteiger charge is -2.07. The molecule has 0 saturated heterocycles. The van der Waals surface area contributed by atoms with Crippen LogP contribution in [0, 0.1) is 0 Å². The van der Waals surface area contributed by atoms with Crippen LogP contribution in [0.2, 0.25) is 0 Å². The summed E-state index contributed by atoms with van der Waals surface area (Å²) in [4.78, 5) is 22.9. The van der Waals surface area contributed by atoms with Gasteiger partial charge in [-0.25, -0.2) is 4.79 Å². The standard InChI is InChI=1S/C14H15NO3/c16-13(11-7-4-8-12(11)14(17)18)15-9-10-5-2-1-3-6-10/h1-3,5-6H,4,7-9H2,(H,15,16)(H,17,18). The molecule has 1 amide bonds. The van der Waals surface area contributed by atoms with Gasteiger partial charge in [-0.15, -0.1) is 0 Å². The number of nitrogens with one attached hydrogen (secondary N) is 1. The van der Waals surface area contributed by atoms with Crippen molar-refractivity contribution in [3.05, 3.63) is 47.0 Å². The number of carbonyl (C=O) groups is 2. The normalized spacial score (nSPS) is 14.7. The van der Waals surface area contributed by atoms with Gasteiger partial charge in [0.2, 0.25) is 5.91 Å². The minimum atomic E-state index is -0.975. The van der Waals surface area contributed by atoms with Crippen LogP contribution in [0.4, 0.5) is 0 Å². The number of hydrogen-bond donors (Lipinski definition) is 2. The lowest BCUT2D eigenvalue weighted by atomic mass is 10.1. The first kappa shape index (κ1) is 12.4. The molecule has 18 heavy (non-hydrogen) atoms. The first-order valence-electron chi connectivity index (χ1n) is 5.96. The average molecular weight is 245 g/mol. The van der Waals surface area contributed by atoms with Crippen molar-refractivity contribution in [2.24, 2.45) is 0 Å². The highest BCUT2D eigenvalue weighted by atomic mass is 16.4. The minimum absolute atomic E-state index is 0.256. The van der Waals surface area contributed by atoms with Crippen LogP contribution in [-0.4, -0.2) is 17.0 Å². The summed E-state index contributed by atoms with van der Waals surface area (Å²) in [5, 5.41) is 11.7. The van der Waals surface area contributed by atoms with Crippen molar-refractivity contribution < 1.29 is 14.7 Å². The lowest BCUT2D eigenvalue weighted by molar-refractivity contribution is -0.133. The van der Waals surface area contributed by atoms with Crippen molar-refractivity contribution in [3.63, 3.8) is 0 Å². The van der Waals surface area contributed by atoms with E-state index in [9.17, 15) is 9.59 Å². The maximum absolute atomic E-state index is 11.9. The molecule has 1 aromatic rings. The number of carbonyl (C=O) groups excluding carboxylic acids is 1. The molecule has 2 rings (SSSR count). The van der Waals surface area contributed by atoms with Gasteiger partial charge in [-0.2, -0.15) is 0 Å². The topological polar surface area (TPSA) is 66.4 Å². The van der Waals surface area contributed by atoms with Gasteiger partial charge in [-0.3, -0.25) is 4.79 Å². The van der Waals surface area contributed by atoms with Gasteiger partial charge in [0, 0.05) is 17.7 Å². The van der Waals surface area contributed by atoms with E-state index in [-0.39, 0.29) is 11.5 Å². The fourth-order valence-electron chi connectivity index (χ4n) is 2.12. The van der Waals surface area contributed by atoms with Gasteiger partial charge in [0.15, 0.2) is 0 Å². The molecule has 4 heteroatoms. The molecule has 0 heterocycles. The Morgan fingerprint density at radius 2 is 1.78 bits per heavy atom. The Kier molecular flexibility index (Phi) is 3.77. The molecule has 0 radical (unpaired) electrons. The number of amides is 1. The maximum Gasteiger partial charge on any atom is 0.332 e. The summed E-state index contributed by atoms with van der Waals surface area (Å²) >= 11 is 0. The molecule has 1 aliphatic rings. The number of hydrogen-bond acceptors (Lipinski definition) is 2. The highest BCUT2D eigenvalue weighted by Crippen LogP contribution is 2.26. The first-order valence-corrected chi connectivity index (χ1v) is 5.96. The van der Waals surface area contributed by atoms with E-state index in [0.29, 0.717) is 25.0 Å². The van der Waals surface area contributed by atoms with Crippen molar-refractivity contribution in [3.8, 4) is 0 Å². The van der Waals surface area contributed by atoms with E-state index in [1.54, 1.807) is 0 Å². The zero-order chi connectivity index (χ0) is 13.0. The molecule has 4 nitrogen and oxygen atoms in total. The van der Waals surface area contributed by atoms with E-state index < -0.39 is 5.97 Å². The second kappa shape index (κ2) is 5.49. The molecule has 2 N–H and O–H groups in total. The highest BCUT2D eigenvalue weighted by molar-refractivity contribution is 6.02. The Morgan fingerprint density at radius 3 is 2.44 bits per heavy atom. The highest BCUT2D eigenvalue weighted by Gasteiger charge is 2.24. The third-order valence-electron chi connectivity index (χ3n) is 3.05. The summed E-state index contributed by atoms with van der Waals surface area (Å²) in [5.74, 6) is -1.23. The van der Waals surface area contributed by atoms with Crippen molar-refractivity contribution in [2.75, 3.05) is 0 Å². The van der Waals surface area contributed by atoms with Crippen molar-refractivity contribution in [1.82, 2.24) is 5.32 Å². The smallest absolute Gasteiger partial charge is 0.332 e. The molecular formula is C14H15NO3. The molecule has 1 aliphatic carbocycles. The van der Waals surface area contributed by atoms with Gasteiger partial charge >= 0.3 is 5.97 Å². The molecule has 94 valence electrons. The monoisotopic (exact) mass is 245 g/mol. The molecule has 0 aromatic heterocycles. The first-order chi connectivity index (χ1) is 8.68. The fraction of sp³-hybridized carbons (Fsp3) is 0.286. The second-order valence-corrected chi connectivity index (χ2v) is 4.28. The molecule has 0 fully saturated rings. The average Bonchev–Trinajstić information content (AvgIpc) is 2.86. The van der Waals surface area contributed by atoms with E-state index in [4.69, 9.17) is 5.11 Å². The van der Waals surface area contributed by atoms with E-state index in [2.05, 4.69) is 5.32 Å². The van der Waals surface area contributed by atoms with Gasteiger partial charge in [0.05, 0.1) is 0 Å². The Hall–Kier alpha value is -2.10. The quantitative estimate of drug-likeness (QED) is 0.851. The summed E-state index contributed by atoms with van der Waals surface area (Å²) in [6.07, 6.45) is 1.79. The van der Waals surface area contributed by atoms with Gasteiger partial charge in [-0.05, 0) is 24.8 Å². The number of aliphatic carboxylic acids is 1. The maximum atomic E-state index is 11.9. The van der Waals surface area contributed by atoms with Crippen LogP contribution < -0.4 is 5.32 Å². The molecule has 0 atom stereocenters. The molecule has 0 saturated carbocycles. The van der Waals surface area contributed by atoms with Crippen molar-refractivity contribution >= 4 is 11.9 Å². The zero-order valence-corrected chi connectivity index (χ0v) is 9.98. The van der Waals surface area contributed by atoms with Crippen LogP contribution in [0.15, 0.2) is 41.5 Å². The molecular weight excluding hydrogens is 230 g/mol. The summed E-state index contributed by atoms with van der Waals surface area (Å²) in [6.45, 7) is 0.427. The predicted molar refractivity (Wildman–Crippen MR) is 66.8 cm³/mol. The van der Waals surface area contributed by atoms with E-state index in [1.807, 2.05) is 30.3 Å². The second-order valence-electron chi connectivity index (χ2n) is 4.28. The minimum Gasteiger partial charge on any atom is -0.478 e. The largest absolute Gasteiger partial charge is 0.478 e. The molecule has 1 aromatic carbocycles. The van der Waals surface area contributed by atoms with E-state index in [1.165, 1.54) is 0 Å². The van der Waals surface area contributed by atoms with E-state index >= 15 is 0 Å². The summed E-state index contributed by atoms with van der Waals surface area (Å²) in [5.41, 5.74) is 1.69. The summed E-state index contributed by atoms with van der Waals surface area (Å²) in [6, 6.07) is 9.55. The third-order valence-corrected chi connectivity index (χ3v) is 3.05. The number of rotatable bonds is 4. The van der Waals surface area contributed by atoms with Gasteiger partial charge in [0.1, 0.15) is 0 Å². The number of carboxylic acid groups (broad SMARTS) is 1.